The molecule has 19 heavy (non-hydrogen) atoms. The Labute approximate surface area is 122 Å². The molecule has 1 heterocycles. The Morgan fingerprint density at radius 2 is 2.42 bits per heavy atom. The number of thioether (sulfide) groups is 1. The summed E-state index contributed by atoms with van der Waals surface area (Å²) < 4.78 is 10.6. The van der Waals surface area contributed by atoms with Crippen LogP contribution in [0, 0.1) is 0 Å². The van der Waals surface area contributed by atoms with E-state index in [9.17, 15) is 4.79 Å². The summed E-state index contributed by atoms with van der Waals surface area (Å²) in [4.78, 5) is 12.0. The summed E-state index contributed by atoms with van der Waals surface area (Å²) in [5, 5.41) is 0.470. The fourth-order valence-corrected chi connectivity index (χ4v) is 3.24. The number of ketones is 1. The number of carbonyl (C=O) groups excluding carboxylic acids is 1. The molecule has 1 saturated heterocycles. The second-order valence-electron chi connectivity index (χ2n) is 4.42. The molecular weight excluding hydrogens is 284 g/mol. The van der Waals surface area contributed by atoms with Crippen molar-refractivity contribution in [3.8, 4) is 5.75 Å². The molecule has 1 aromatic carbocycles. The van der Waals surface area contributed by atoms with E-state index in [2.05, 4.69) is 0 Å². The van der Waals surface area contributed by atoms with Crippen LogP contribution in [-0.4, -0.2) is 37.1 Å². The molecule has 0 bridgehead atoms. The first-order chi connectivity index (χ1) is 9.20. The van der Waals surface area contributed by atoms with Crippen LogP contribution < -0.4 is 4.74 Å². The minimum atomic E-state index is 0.0903. The Bertz CT molecular complexity index is 444. The van der Waals surface area contributed by atoms with E-state index in [1.54, 1.807) is 37.1 Å². The van der Waals surface area contributed by atoms with Crippen molar-refractivity contribution in [1.82, 2.24) is 0 Å². The molecule has 1 aliphatic heterocycles. The minimum absolute atomic E-state index is 0.0903. The van der Waals surface area contributed by atoms with Gasteiger partial charge in [0.05, 0.1) is 24.0 Å². The molecule has 0 amide bonds. The fourth-order valence-electron chi connectivity index (χ4n) is 1.98. The van der Waals surface area contributed by atoms with Gasteiger partial charge in [0, 0.05) is 17.9 Å². The number of benzene rings is 1. The van der Waals surface area contributed by atoms with Gasteiger partial charge in [-0.2, -0.15) is 11.8 Å². The van der Waals surface area contributed by atoms with Gasteiger partial charge in [-0.3, -0.25) is 4.79 Å². The van der Waals surface area contributed by atoms with Crippen molar-refractivity contribution in [2.24, 2.45) is 0 Å². The number of ether oxygens (including phenoxy) is 2. The van der Waals surface area contributed by atoms with Crippen LogP contribution in [0.4, 0.5) is 0 Å². The topological polar surface area (TPSA) is 35.5 Å². The molecule has 1 aromatic rings. The number of Topliss-reactive ketones (excluding diaryl/α,β-unsaturated/α-hetero) is 1. The molecule has 1 fully saturated rings. The van der Waals surface area contributed by atoms with E-state index < -0.39 is 0 Å². The highest BCUT2D eigenvalue weighted by atomic mass is 35.5. The highest BCUT2D eigenvalue weighted by Gasteiger charge is 2.16. The van der Waals surface area contributed by atoms with E-state index in [0.29, 0.717) is 28.2 Å². The van der Waals surface area contributed by atoms with E-state index in [4.69, 9.17) is 21.1 Å². The quantitative estimate of drug-likeness (QED) is 0.754. The lowest BCUT2D eigenvalue weighted by atomic mass is 10.1. The monoisotopic (exact) mass is 300 g/mol. The maximum Gasteiger partial charge on any atom is 0.172 e. The molecule has 1 unspecified atom stereocenters. The van der Waals surface area contributed by atoms with Crippen molar-refractivity contribution < 1.29 is 14.3 Å². The molecule has 0 aliphatic carbocycles. The molecule has 3 nitrogen and oxygen atoms in total. The average Bonchev–Trinajstić information content (AvgIpc) is 2.91. The smallest absolute Gasteiger partial charge is 0.172 e. The highest BCUT2D eigenvalue weighted by Crippen LogP contribution is 2.26. The van der Waals surface area contributed by atoms with Crippen LogP contribution in [0.5, 0.6) is 5.75 Å². The van der Waals surface area contributed by atoms with E-state index in [1.165, 1.54) is 0 Å². The summed E-state index contributed by atoms with van der Waals surface area (Å²) in [6.45, 7) is 0.854. The fraction of sp³-hybridized carbons (Fsp3) is 0.500. The van der Waals surface area contributed by atoms with Gasteiger partial charge >= 0.3 is 0 Å². The molecule has 5 heteroatoms. The maximum absolute atomic E-state index is 12.0. The van der Waals surface area contributed by atoms with Crippen LogP contribution in [0.2, 0.25) is 5.02 Å². The Hall–Kier alpha value is -0.710. The third-order valence-corrected chi connectivity index (χ3v) is 4.40. The summed E-state index contributed by atoms with van der Waals surface area (Å²) in [5.74, 6) is 2.02. The van der Waals surface area contributed by atoms with E-state index in [-0.39, 0.29) is 5.78 Å². The number of carbonyl (C=O) groups is 1. The molecule has 2 rings (SSSR count). The summed E-state index contributed by atoms with van der Waals surface area (Å²) in [6.07, 6.45) is 2.56. The third kappa shape index (κ3) is 4.13. The molecule has 0 radical (unpaired) electrons. The molecule has 0 spiro atoms. The second-order valence-corrected chi connectivity index (χ2v) is 5.86. The zero-order valence-electron chi connectivity index (χ0n) is 10.9. The van der Waals surface area contributed by atoms with Crippen LogP contribution in [0.3, 0.4) is 0 Å². The zero-order valence-corrected chi connectivity index (χ0v) is 12.4. The van der Waals surface area contributed by atoms with Crippen LogP contribution >= 0.6 is 23.4 Å². The van der Waals surface area contributed by atoms with Crippen molar-refractivity contribution in [2.45, 2.75) is 18.9 Å². The Kier molecular flexibility index (Phi) is 5.55. The maximum atomic E-state index is 12.0. The lowest BCUT2D eigenvalue weighted by Crippen LogP contribution is -2.11. The summed E-state index contributed by atoms with van der Waals surface area (Å²) in [7, 11) is 1.56. The first-order valence-corrected chi connectivity index (χ1v) is 7.80. The van der Waals surface area contributed by atoms with Crippen LogP contribution in [0.15, 0.2) is 18.2 Å². The van der Waals surface area contributed by atoms with Crippen molar-refractivity contribution in [3.63, 3.8) is 0 Å². The number of halogens is 1. The van der Waals surface area contributed by atoms with Gasteiger partial charge in [0.15, 0.2) is 5.78 Å². The SMILES string of the molecule is COc1ccc(C(=O)CSCC2CCCO2)cc1Cl. The van der Waals surface area contributed by atoms with Gasteiger partial charge in [-0.1, -0.05) is 11.6 Å². The number of rotatable bonds is 6. The largest absolute Gasteiger partial charge is 0.495 e. The molecular formula is C14H17ClO3S. The lowest BCUT2D eigenvalue weighted by molar-refractivity contribution is 0.102. The van der Waals surface area contributed by atoms with Crippen LogP contribution in [0.1, 0.15) is 23.2 Å². The van der Waals surface area contributed by atoms with Gasteiger partial charge < -0.3 is 9.47 Å². The van der Waals surface area contributed by atoms with Gasteiger partial charge in [0.1, 0.15) is 5.75 Å². The first-order valence-electron chi connectivity index (χ1n) is 6.27. The summed E-state index contributed by atoms with van der Waals surface area (Å²) in [5.41, 5.74) is 0.630. The molecule has 0 N–H and O–H groups in total. The van der Waals surface area contributed by atoms with Gasteiger partial charge in [0.2, 0.25) is 0 Å². The van der Waals surface area contributed by atoms with Gasteiger partial charge in [0.25, 0.3) is 0 Å². The predicted octanol–water partition coefficient (Wildman–Crippen LogP) is 3.44. The Balaban J connectivity index is 1.83. The van der Waals surface area contributed by atoms with Gasteiger partial charge in [-0.05, 0) is 31.0 Å². The number of hydrogen-bond donors (Lipinski definition) is 0. The van der Waals surface area contributed by atoms with Crippen LogP contribution in [-0.2, 0) is 4.74 Å². The standard InChI is InChI=1S/C14H17ClO3S/c1-17-14-5-4-10(7-12(14)15)13(16)9-19-8-11-3-2-6-18-11/h4-5,7,11H,2-3,6,8-9H2,1H3. The van der Waals surface area contributed by atoms with Crippen molar-refractivity contribution in [2.75, 3.05) is 25.2 Å². The van der Waals surface area contributed by atoms with E-state index >= 15 is 0 Å². The molecule has 0 saturated carbocycles. The van der Waals surface area contributed by atoms with Gasteiger partial charge in [-0.25, -0.2) is 0 Å². The number of methoxy groups -OCH3 is 1. The molecule has 104 valence electrons. The average molecular weight is 301 g/mol. The number of hydrogen-bond acceptors (Lipinski definition) is 4. The van der Waals surface area contributed by atoms with Gasteiger partial charge in [-0.15, -0.1) is 0 Å². The molecule has 1 aliphatic rings. The summed E-state index contributed by atoms with van der Waals surface area (Å²) >= 11 is 7.63. The third-order valence-electron chi connectivity index (χ3n) is 3.03. The molecule has 1 atom stereocenters. The van der Waals surface area contributed by atoms with Crippen LogP contribution in [0.25, 0.3) is 0 Å². The first kappa shape index (κ1) is 14.7. The van der Waals surface area contributed by atoms with Crippen molar-refractivity contribution in [1.29, 1.82) is 0 Å². The highest BCUT2D eigenvalue weighted by molar-refractivity contribution is 8.00. The van der Waals surface area contributed by atoms with Crippen molar-refractivity contribution in [3.05, 3.63) is 28.8 Å². The van der Waals surface area contributed by atoms with E-state index in [1.807, 2.05) is 0 Å². The summed E-state index contributed by atoms with van der Waals surface area (Å²) in [6, 6.07) is 5.13. The normalized spacial score (nSPS) is 18.5. The van der Waals surface area contributed by atoms with Crippen molar-refractivity contribution >= 4 is 29.1 Å². The minimum Gasteiger partial charge on any atom is -0.495 e. The van der Waals surface area contributed by atoms with E-state index in [0.717, 1.165) is 25.2 Å². The predicted molar refractivity (Wildman–Crippen MR) is 78.6 cm³/mol. The Morgan fingerprint density at radius 3 is 3.05 bits per heavy atom. The molecule has 0 aromatic heterocycles. The second kappa shape index (κ2) is 7.17. The zero-order chi connectivity index (χ0) is 13.7. The lowest BCUT2D eigenvalue weighted by Gasteiger charge is -2.08. The Morgan fingerprint density at radius 1 is 1.58 bits per heavy atom.